The van der Waals surface area contributed by atoms with E-state index in [4.69, 9.17) is 9.26 Å². The van der Waals surface area contributed by atoms with Crippen LogP contribution in [0.25, 0.3) is 11.5 Å². The zero-order valence-electron chi connectivity index (χ0n) is 19.6. The number of nitrogens with zero attached hydrogens (tertiary/aromatic N) is 4. The molecule has 1 fully saturated rings. The molecule has 0 spiro atoms. The second-order valence-electron chi connectivity index (χ2n) is 8.26. The lowest BCUT2D eigenvalue weighted by Crippen LogP contribution is -2.41. The van der Waals surface area contributed by atoms with Gasteiger partial charge in [-0.1, -0.05) is 17.3 Å². The minimum Gasteiger partial charge on any atom is -0.379 e. The number of benzene rings is 2. The fourth-order valence-corrected chi connectivity index (χ4v) is 3.70. The standard InChI is InChI=1S/C25H28FN5O4/c1-30(25(33)20-4-2-3-5-21(20)26)12-10-22-28-24(35-29-22)19-8-6-18(7-9-19)23(32)27-11-13-31-14-16-34-17-15-31/h2-9H,10-17H2,1H3,(H,27,32). The number of amides is 2. The first-order valence-corrected chi connectivity index (χ1v) is 11.5. The monoisotopic (exact) mass is 481 g/mol. The molecule has 10 heteroatoms. The highest BCUT2D eigenvalue weighted by molar-refractivity contribution is 5.95. The number of halogens is 1. The number of nitrogens with one attached hydrogen (secondary N) is 1. The van der Waals surface area contributed by atoms with Crippen molar-refractivity contribution in [3.05, 3.63) is 71.3 Å². The van der Waals surface area contributed by atoms with E-state index in [2.05, 4.69) is 20.4 Å². The number of rotatable bonds is 9. The number of aromatic nitrogens is 2. The summed E-state index contributed by atoms with van der Waals surface area (Å²) in [6.45, 7) is 4.89. The van der Waals surface area contributed by atoms with Crippen LogP contribution in [0, 0.1) is 5.82 Å². The molecule has 1 aliphatic heterocycles. The molecule has 35 heavy (non-hydrogen) atoms. The molecule has 184 valence electrons. The second kappa shape index (κ2) is 11.7. The summed E-state index contributed by atoms with van der Waals surface area (Å²) in [5.74, 6) is -0.356. The molecule has 0 saturated carbocycles. The van der Waals surface area contributed by atoms with Gasteiger partial charge < -0.3 is 19.5 Å². The highest BCUT2D eigenvalue weighted by Gasteiger charge is 2.17. The van der Waals surface area contributed by atoms with Gasteiger partial charge in [-0.05, 0) is 36.4 Å². The molecule has 0 bridgehead atoms. The third-order valence-corrected chi connectivity index (χ3v) is 5.80. The number of carbonyl (C=O) groups is 2. The molecule has 0 atom stereocenters. The van der Waals surface area contributed by atoms with Crippen molar-refractivity contribution in [3.8, 4) is 11.5 Å². The number of morpholine rings is 1. The van der Waals surface area contributed by atoms with Crippen molar-refractivity contribution in [2.24, 2.45) is 0 Å². The van der Waals surface area contributed by atoms with E-state index < -0.39 is 11.7 Å². The van der Waals surface area contributed by atoms with Crippen molar-refractivity contribution in [1.29, 1.82) is 0 Å². The lowest BCUT2D eigenvalue weighted by molar-refractivity contribution is 0.0383. The fraction of sp³-hybridized carbons (Fsp3) is 0.360. The van der Waals surface area contributed by atoms with Gasteiger partial charge in [-0.25, -0.2) is 4.39 Å². The molecule has 1 aromatic heterocycles. The van der Waals surface area contributed by atoms with E-state index in [-0.39, 0.29) is 11.5 Å². The van der Waals surface area contributed by atoms with Gasteiger partial charge in [0.2, 0.25) is 0 Å². The summed E-state index contributed by atoms with van der Waals surface area (Å²) in [4.78, 5) is 32.9. The van der Waals surface area contributed by atoms with Crippen LogP contribution in [0.3, 0.4) is 0 Å². The van der Waals surface area contributed by atoms with Crippen molar-refractivity contribution in [2.75, 3.05) is 53.0 Å². The molecule has 1 aliphatic rings. The van der Waals surface area contributed by atoms with Gasteiger partial charge in [0.25, 0.3) is 17.7 Å². The SMILES string of the molecule is CN(CCc1noc(-c2ccc(C(=O)NCCN3CCOCC3)cc2)n1)C(=O)c1ccccc1F. The van der Waals surface area contributed by atoms with E-state index in [0.29, 0.717) is 42.4 Å². The molecule has 2 heterocycles. The molecule has 4 rings (SSSR count). The van der Waals surface area contributed by atoms with Gasteiger partial charge in [-0.2, -0.15) is 4.98 Å². The number of likely N-dealkylation sites (N-methyl/N-ethyl adjacent to an activating group) is 1. The predicted molar refractivity (Wildman–Crippen MR) is 126 cm³/mol. The van der Waals surface area contributed by atoms with Crippen LogP contribution in [-0.2, 0) is 11.2 Å². The first kappa shape index (κ1) is 24.5. The molecular weight excluding hydrogens is 453 g/mol. The summed E-state index contributed by atoms with van der Waals surface area (Å²) in [5.41, 5.74) is 1.25. The largest absolute Gasteiger partial charge is 0.379 e. The number of ether oxygens (including phenoxy) is 1. The topological polar surface area (TPSA) is 101 Å². The van der Waals surface area contributed by atoms with Crippen LogP contribution in [-0.4, -0.2) is 84.7 Å². The molecule has 9 nitrogen and oxygen atoms in total. The molecule has 3 aromatic rings. The molecule has 2 amide bonds. The minimum absolute atomic E-state index is 0.0222. The van der Waals surface area contributed by atoms with E-state index >= 15 is 0 Å². The Morgan fingerprint density at radius 3 is 2.60 bits per heavy atom. The van der Waals surface area contributed by atoms with Crippen LogP contribution >= 0.6 is 0 Å². The van der Waals surface area contributed by atoms with Crippen molar-refractivity contribution in [2.45, 2.75) is 6.42 Å². The van der Waals surface area contributed by atoms with Gasteiger partial charge in [-0.3, -0.25) is 14.5 Å². The van der Waals surface area contributed by atoms with E-state index in [0.717, 1.165) is 32.8 Å². The zero-order valence-corrected chi connectivity index (χ0v) is 19.6. The summed E-state index contributed by atoms with van der Waals surface area (Å²) >= 11 is 0. The quantitative estimate of drug-likeness (QED) is 0.500. The zero-order chi connectivity index (χ0) is 24.6. The normalized spacial score (nSPS) is 14.0. The average molecular weight is 482 g/mol. The van der Waals surface area contributed by atoms with Crippen LogP contribution in [0.1, 0.15) is 26.5 Å². The van der Waals surface area contributed by atoms with Crippen LogP contribution in [0.15, 0.2) is 53.1 Å². The van der Waals surface area contributed by atoms with Crippen LogP contribution in [0.5, 0.6) is 0 Å². The van der Waals surface area contributed by atoms with Crippen molar-refractivity contribution in [1.82, 2.24) is 25.3 Å². The molecule has 0 radical (unpaired) electrons. The van der Waals surface area contributed by atoms with Crippen molar-refractivity contribution < 1.29 is 23.2 Å². The van der Waals surface area contributed by atoms with Gasteiger partial charge in [0.1, 0.15) is 5.82 Å². The van der Waals surface area contributed by atoms with Gasteiger partial charge in [0, 0.05) is 57.3 Å². The van der Waals surface area contributed by atoms with E-state index in [9.17, 15) is 14.0 Å². The maximum absolute atomic E-state index is 13.9. The van der Waals surface area contributed by atoms with Crippen LogP contribution in [0.2, 0.25) is 0 Å². The Morgan fingerprint density at radius 2 is 1.86 bits per heavy atom. The Balaban J connectivity index is 1.27. The first-order chi connectivity index (χ1) is 17.0. The Kier molecular flexibility index (Phi) is 8.17. The molecule has 1 N–H and O–H groups in total. The van der Waals surface area contributed by atoms with Crippen molar-refractivity contribution in [3.63, 3.8) is 0 Å². The summed E-state index contributed by atoms with van der Waals surface area (Å²) in [6.07, 6.45) is 0.351. The third-order valence-electron chi connectivity index (χ3n) is 5.80. The second-order valence-corrected chi connectivity index (χ2v) is 8.26. The Bertz CT molecular complexity index is 1140. The molecule has 0 aliphatic carbocycles. The molecule has 1 saturated heterocycles. The van der Waals surface area contributed by atoms with Gasteiger partial charge in [0.05, 0.1) is 18.8 Å². The molecular formula is C25H28FN5O4. The Hall–Kier alpha value is -3.63. The highest BCUT2D eigenvalue weighted by Crippen LogP contribution is 2.18. The van der Waals surface area contributed by atoms with Crippen LogP contribution in [0.4, 0.5) is 4.39 Å². The lowest BCUT2D eigenvalue weighted by Gasteiger charge is -2.26. The summed E-state index contributed by atoms with van der Waals surface area (Å²) in [6, 6.07) is 12.8. The smallest absolute Gasteiger partial charge is 0.257 e. The maximum Gasteiger partial charge on any atom is 0.257 e. The lowest BCUT2D eigenvalue weighted by atomic mass is 10.1. The summed E-state index contributed by atoms with van der Waals surface area (Å²) in [5, 5.41) is 6.90. The Labute approximate surface area is 202 Å². The maximum atomic E-state index is 13.9. The van der Waals surface area contributed by atoms with Gasteiger partial charge >= 0.3 is 0 Å². The number of hydrogen-bond acceptors (Lipinski definition) is 7. The molecule has 0 unspecified atom stereocenters. The average Bonchev–Trinajstić information content (AvgIpc) is 3.37. The van der Waals surface area contributed by atoms with Crippen molar-refractivity contribution >= 4 is 11.8 Å². The van der Waals surface area contributed by atoms with E-state index in [1.165, 1.54) is 17.0 Å². The summed E-state index contributed by atoms with van der Waals surface area (Å²) in [7, 11) is 1.60. The number of hydrogen-bond donors (Lipinski definition) is 1. The van der Waals surface area contributed by atoms with E-state index in [1.54, 1.807) is 43.4 Å². The van der Waals surface area contributed by atoms with Crippen LogP contribution < -0.4 is 5.32 Å². The minimum atomic E-state index is -0.555. The van der Waals surface area contributed by atoms with E-state index in [1.807, 2.05) is 0 Å². The number of carbonyl (C=O) groups excluding carboxylic acids is 2. The fourth-order valence-electron chi connectivity index (χ4n) is 3.70. The molecule has 2 aromatic carbocycles. The summed E-state index contributed by atoms with van der Waals surface area (Å²) < 4.78 is 24.5. The predicted octanol–water partition coefficient (Wildman–Crippen LogP) is 2.25. The van der Waals surface area contributed by atoms with Gasteiger partial charge in [-0.15, -0.1) is 0 Å². The highest BCUT2D eigenvalue weighted by atomic mass is 19.1. The van der Waals surface area contributed by atoms with Gasteiger partial charge in [0.15, 0.2) is 5.82 Å². The first-order valence-electron chi connectivity index (χ1n) is 11.5. The third kappa shape index (κ3) is 6.49. The Morgan fingerprint density at radius 1 is 1.11 bits per heavy atom.